The molecule has 4 nitrogen and oxygen atoms in total. The lowest BCUT2D eigenvalue weighted by molar-refractivity contribution is -0.136. The van der Waals surface area contributed by atoms with Gasteiger partial charge in [0.2, 0.25) is 5.91 Å². The number of aliphatic hydroxyl groups excluding tert-OH is 1. The first kappa shape index (κ1) is 14.8. The second-order valence-corrected chi connectivity index (χ2v) is 6.29. The Kier molecular flexibility index (Phi) is 5.22. The molecule has 0 saturated carbocycles. The van der Waals surface area contributed by atoms with E-state index in [4.69, 9.17) is 0 Å². The van der Waals surface area contributed by atoms with Crippen LogP contribution in [0.5, 0.6) is 0 Å². The van der Waals surface area contributed by atoms with E-state index >= 15 is 0 Å². The number of piperidine rings is 2. The summed E-state index contributed by atoms with van der Waals surface area (Å²) in [5, 5.41) is 9.59. The fourth-order valence-electron chi connectivity index (χ4n) is 3.34. The Morgan fingerprint density at radius 2 is 1.89 bits per heavy atom. The van der Waals surface area contributed by atoms with E-state index in [1.165, 1.54) is 6.42 Å². The summed E-state index contributed by atoms with van der Waals surface area (Å²) in [4.78, 5) is 16.6. The van der Waals surface area contributed by atoms with Gasteiger partial charge in [0.05, 0.1) is 12.6 Å². The maximum Gasteiger partial charge on any atom is 0.236 e. The lowest BCUT2D eigenvalue weighted by atomic mass is 9.92. The van der Waals surface area contributed by atoms with Crippen LogP contribution in [0.3, 0.4) is 0 Å². The maximum absolute atomic E-state index is 12.3. The van der Waals surface area contributed by atoms with Crippen molar-refractivity contribution in [3.8, 4) is 0 Å². The van der Waals surface area contributed by atoms with Crippen LogP contribution in [0.25, 0.3) is 0 Å². The Balaban J connectivity index is 1.77. The Bertz CT molecular complexity index is 299. The standard InChI is InChI=1S/C15H28N2O2/c1-12-5-3-4-8-17(12)15(19)11-16-9-6-14(7-10-16)13(2)18/h12-14,18H,3-11H2,1-2H3. The first-order valence-corrected chi connectivity index (χ1v) is 7.78. The molecule has 0 aliphatic carbocycles. The molecule has 110 valence electrons. The third-order valence-electron chi connectivity index (χ3n) is 4.80. The number of carbonyl (C=O) groups excluding carboxylic acids is 1. The van der Waals surface area contributed by atoms with E-state index < -0.39 is 0 Å². The first-order chi connectivity index (χ1) is 9.08. The molecule has 0 bridgehead atoms. The molecule has 0 radical (unpaired) electrons. The van der Waals surface area contributed by atoms with Crippen molar-refractivity contribution in [3.05, 3.63) is 0 Å². The van der Waals surface area contributed by atoms with Gasteiger partial charge in [-0.2, -0.15) is 0 Å². The van der Waals surface area contributed by atoms with Crippen molar-refractivity contribution in [1.82, 2.24) is 9.80 Å². The zero-order valence-corrected chi connectivity index (χ0v) is 12.3. The summed E-state index contributed by atoms with van der Waals surface area (Å²) in [7, 11) is 0. The van der Waals surface area contributed by atoms with Crippen molar-refractivity contribution in [2.45, 2.75) is 58.1 Å². The monoisotopic (exact) mass is 268 g/mol. The van der Waals surface area contributed by atoms with Gasteiger partial charge in [0.1, 0.15) is 0 Å². The van der Waals surface area contributed by atoms with E-state index in [1.54, 1.807) is 0 Å². The van der Waals surface area contributed by atoms with Crippen LogP contribution in [0.2, 0.25) is 0 Å². The molecule has 0 aromatic rings. The zero-order chi connectivity index (χ0) is 13.8. The van der Waals surface area contributed by atoms with Crippen LogP contribution in [0, 0.1) is 5.92 Å². The van der Waals surface area contributed by atoms with Gasteiger partial charge in [0.25, 0.3) is 0 Å². The number of carbonyl (C=O) groups is 1. The van der Waals surface area contributed by atoms with Crippen molar-refractivity contribution in [2.24, 2.45) is 5.92 Å². The molecule has 2 heterocycles. The molecule has 0 aromatic carbocycles. The lowest BCUT2D eigenvalue weighted by Gasteiger charge is -2.37. The fourth-order valence-corrected chi connectivity index (χ4v) is 3.34. The van der Waals surface area contributed by atoms with Crippen LogP contribution >= 0.6 is 0 Å². The maximum atomic E-state index is 12.3. The van der Waals surface area contributed by atoms with Gasteiger partial charge in [-0.15, -0.1) is 0 Å². The lowest BCUT2D eigenvalue weighted by Crippen LogP contribution is -2.48. The van der Waals surface area contributed by atoms with E-state index in [0.29, 0.717) is 24.4 Å². The first-order valence-electron chi connectivity index (χ1n) is 7.78. The molecule has 2 atom stereocenters. The molecule has 2 fully saturated rings. The van der Waals surface area contributed by atoms with Crippen molar-refractivity contribution in [3.63, 3.8) is 0 Å². The van der Waals surface area contributed by atoms with Gasteiger partial charge in [-0.05, 0) is 65.0 Å². The molecule has 4 heteroatoms. The van der Waals surface area contributed by atoms with Crippen LogP contribution in [-0.2, 0) is 4.79 Å². The van der Waals surface area contributed by atoms with Crippen molar-refractivity contribution >= 4 is 5.91 Å². The third kappa shape index (κ3) is 3.93. The summed E-state index contributed by atoms with van der Waals surface area (Å²) in [5.74, 6) is 0.711. The van der Waals surface area contributed by atoms with E-state index in [9.17, 15) is 9.90 Å². The third-order valence-corrected chi connectivity index (χ3v) is 4.80. The Hall–Kier alpha value is -0.610. The molecule has 19 heavy (non-hydrogen) atoms. The second-order valence-electron chi connectivity index (χ2n) is 6.29. The summed E-state index contributed by atoms with van der Waals surface area (Å²) < 4.78 is 0. The summed E-state index contributed by atoms with van der Waals surface area (Å²) in [6.45, 7) is 7.44. The van der Waals surface area contributed by atoms with Crippen molar-refractivity contribution < 1.29 is 9.90 Å². The highest BCUT2D eigenvalue weighted by Gasteiger charge is 2.27. The van der Waals surface area contributed by atoms with Gasteiger partial charge in [-0.3, -0.25) is 9.69 Å². The Labute approximate surface area is 116 Å². The highest BCUT2D eigenvalue weighted by Crippen LogP contribution is 2.21. The quantitative estimate of drug-likeness (QED) is 0.843. The molecule has 0 aromatic heterocycles. The van der Waals surface area contributed by atoms with Gasteiger partial charge in [0.15, 0.2) is 0 Å². The number of likely N-dealkylation sites (tertiary alicyclic amines) is 2. The van der Waals surface area contributed by atoms with Crippen molar-refractivity contribution in [2.75, 3.05) is 26.2 Å². The number of hydrogen-bond acceptors (Lipinski definition) is 3. The average molecular weight is 268 g/mol. The Morgan fingerprint density at radius 1 is 1.21 bits per heavy atom. The SMILES string of the molecule is CC(O)C1CCN(CC(=O)N2CCCCC2C)CC1. The highest BCUT2D eigenvalue weighted by atomic mass is 16.3. The van der Waals surface area contributed by atoms with E-state index in [2.05, 4.69) is 16.7 Å². The largest absolute Gasteiger partial charge is 0.393 e. The number of amides is 1. The second kappa shape index (κ2) is 6.71. The van der Waals surface area contributed by atoms with Gasteiger partial charge < -0.3 is 10.0 Å². The van der Waals surface area contributed by atoms with Crippen LogP contribution in [0.4, 0.5) is 0 Å². The summed E-state index contributed by atoms with van der Waals surface area (Å²) in [5.41, 5.74) is 0. The van der Waals surface area contributed by atoms with Gasteiger partial charge in [0, 0.05) is 12.6 Å². The highest BCUT2D eigenvalue weighted by molar-refractivity contribution is 5.78. The average Bonchev–Trinajstić information content (AvgIpc) is 2.39. The molecule has 1 amide bonds. The normalized spacial score (nSPS) is 28.4. The molecule has 1 N–H and O–H groups in total. The molecular formula is C15H28N2O2. The minimum absolute atomic E-state index is 0.208. The van der Waals surface area contributed by atoms with Crippen LogP contribution < -0.4 is 0 Å². The minimum atomic E-state index is -0.208. The van der Waals surface area contributed by atoms with Crippen molar-refractivity contribution in [1.29, 1.82) is 0 Å². The summed E-state index contributed by atoms with van der Waals surface area (Å²) in [6.07, 6.45) is 5.38. The molecule has 2 rings (SSSR count). The van der Waals surface area contributed by atoms with Crippen LogP contribution in [-0.4, -0.2) is 59.1 Å². The van der Waals surface area contributed by atoms with Gasteiger partial charge in [-0.1, -0.05) is 0 Å². The number of rotatable bonds is 3. The topological polar surface area (TPSA) is 43.8 Å². The Morgan fingerprint density at radius 3 is 2.47 bits per heavy atom. The molecule has 2 aliphatic heterocycles. The number of nitrogens with zero attached hydrogens (tertiary/aromatic N) is 2. The molecule has 2 unspecified atom stereocenters. The predicted molar refractivity (Wildman–Crippen MR) is 75.9 cm³/mol. The molecule has 2 aliphatic rings. The summed E-state index contributed by atoms with van der Waals surface area (Å²) in [6, 6.07) is 0.413. The minimum Gasteiger partial charge on any atom is -0.393 e. The molecule has 2 saturated heterocycles. The number of hydrogen-bond donors (Lipinski definition) is 1. The molecule has 0 spiro atoms. The predicted octanol–water partition coefficient (Wildman–Crippen LogP) is 1.48. The zero-order valence-electron chi connectivity index (χ0n) is 12.3. The fraction of sp³-hybridized carbons (Fsp3) is 0.933. The van der Waals surface area contributed by atoms with E-state index in [0.717, 1.165) is 45.3 Å². The van der Waals surface area contributed by atoms with Gasteiger partial charge in [-0.25, -0.2) is 0 Å². The smallest absolute Gasteiger partial charge is 0.236 e. The number of aliphatic hydroxyl groups is 1. The van der Waals surface area contributed by atoms with E-state index in [1.807, 2.05) is 6.92 Å². The molecular weight excluding hydrogens is 240 g/mol. The van der Waals surface area contributed by atoms with Gasteiger partial charge >= 0.3 is 0 Å². The summed E-state index contributed by atoms with van der Waals surface area (Å²) >= 11 is 0. The van der Waals surface area contributed by atoms with Crippen LogP contribution in [0.15, 0.2) is 0 Å². The van der Waals surface area contributed by atoms with Crippen LogP contribution in [0.1, 0.15) is 46.0 Å². The van der Waals surface area contributed by atoms with E-state index in [-0.39, 0.29) is 6.10 Å².